The molecule has 90 valence electrons. The lowest BCUT2D eigenvalue weighted by atomic mass is 9.99. The Kier molecular flexibility index (Phi) is 2.37. The quantitative estimate of drug-likeness (QED) is 0.816. The molecule has 3 heteroatoms. The zero-order valence-corrected chi connectivity index (χ0v) is 10.4. The van der Waals surface area contributed by atoms with E-state index >= 15 is 0 Å². The highest BCUT2D eigenvalue weighted by Crippen LogP contribution is 2.32. The Morgan fingerprint density at radius 3 is 3.00 bits per heavy atom. The van der Waals surface area contributed by atoms with Gasteiger partial charge in [0, 0.05) is 30.6 Å². The predicted octanol–water partition coefficient (Wildman–Crippen LogP) is 2.62. The highest BCUT2D eigenvalue weighted by molar-refractivity contribution is 5.89. The first kappa shape index (κ1) is 10.7. The van der Waals surface area contributed by atoms with E-state index in [1.165, 1.54) is 11.1 Å². The second-order valence-electron chi connectivity index (χ2n) is 5.26. The molecule has 1 saturated heterocycles. The molecule has 0 unspecified atom stereocenters. The molecule has 0 radical (unpaired) electrons. The first-order valence-corrected chi connectivity index (χ1v) is 6.13. The van der Waals surface area contributed by atoms with Gasteiger partial charge < -0.3 is 14.6 Å². The van der Waals surface area contributed by atoms with Crippen molar-refractivity contribution in [1.82, 2.24) is 5.32 Å². The molecular formula is C14H18N2O. The van der Waals surface area contributed by atoms with Crippen molar-refractivity contribution in [2.45, 2.75) is 19.4 Å². The van der Waals surface area contributed by atoms with Crippen molar-refractivity contribution >= 4 is 16.7 Å². The van der Waals surface area contributed by atoms with Crippen molar-refractivity contribution in [3.05, 3.63) is 30.5 Å². The van der Waals surface area contributed by atoms with Gasteiger partial charge in [0.25, 0.3) is 0 Å². The molecular weight excluding hydrogens is 212 g/mol. The first-order valence-electron chi connectivity index (χ1n) is 6.13. The molecule has 1 aliphatic heterocycles. The molecule has 1 aliphatic rings. The van der Waals surface area contributed by atoms with E-state index in [0.29, 0.717) is 0 Å². The van der Waals surface area contributed by atoms with E-state index in [0.717, 1.165) is 25.2 Å². The van der Waals surface area contributed by atoms with E-state index in [4.69, 9.17) is 4.42 Å². The molecule has 0 saturated carbocycles. The van der Waals surface area contributed by atoms with E-state index in [9.17, 15) is 0 Å². The zero-order valence-electron chi connectivity index (χ0n) is 10.4. The number of anilines is 1. The molecule has 2 aromatic rings. The molecule has 3 nitrogen and oxygen atoms in total. The molecule has 1 aromatic heterocycles. The van der Waals surface area contributed by atoms with Crippen LogP contribution in [0.2, 0.25) is 0 Å². The number of piperazine rings is 1. The fourth-order valence-electron chi connectivity index (χ4n) is 2.62. The van der Waals surface area contributed by atoms with Crippen LogP contribution in [0.15, 0.2) is 34.9 Å². The number of nitrogens with zero attached hydrogens (tertiary/aromatic N) is 1. The Morgan fingerprint density at radius 2 is 2.18 bits per heavy atom. The molecule has 3 rings (SSSR count). The van der Waals surface area contributed by atoms with Crippen LogP contribution in [0.25, 0.3) is 11.0 Å². The molecule has 1 N–H and O–H groups in total. The van der Waals surface area contributed by atoms with Crippen molar-refractivity contribution in [3.63, 3.8) is 0 Å². The normalized spacial score (nSPS) is 19.8. The van der Waals surface area contributed by atoms with Crippen LogP contribution in [-0.2, 0) is 0 Å². The molecule has 0 spiro atoms. The lowest BCUT2D eigenvalue weighted by Gasteiger charge is -2.44. The van der Waals surface area contributed by atoms with Gasteiger partial charge in [-0.2, -0.15) is 0 Å². The summed E-state index contributed by atoms with van der Waals surface area (Å²) in [6.45, 7) is 7.58. The number of benzene rings is 1. The maximum Gasteiger partial charge on any atom is 0.157 e. The fourth-order valence-corrected chi connectivity index (χ4v) is 2.62. The molecule has 0 bridgehead atoms. The summed E-state index contributed by atoms with van der Waals surface area (Å²) in [6, 6.07) is 8.37. The van der Waals surface area contributed by atoms with E-state index in [1.807, 2.05) is 6.07 Å². The third kappa shape index (κ3) is 1.71. The molecule has 17 heavy (non-hydrogen) atoms. The summed E-state index contributed by atoms with van der Waals surface area (Å²) >= 11 is 0. The minimum Gasteiger partial charge on any atom is -0.462 e. The SMILES string of the molecule is CC1(C)CNCCN1c1cccc2ccoc12. The topological polar surface area (TPSA) is 28.4 Å². The maximum absolute atomic E-state index is 5.63. The Hall–Kier alpha value is -1.48. The minimum atomic E-state index is 0.124. The molecule has 2 heterocycles. The zero-order chi connectivity index (χ0) is 11.9. The number of nitrogens with one attached hydrogen (secondary N) is 1. The average Bonchev–Trinajstić information content (AvgIpc) is 2.76. The molecule has 0 aliphatic carbocycles. The van der Waals surface area contributed by atoms with Gasteiger partial charge in [0.05, 0.1) is 12.0 Å². The molecule has 1 aromatic carbocycles. The third-order valence-electron chi connectivity index (χ3n) is 3.55. The van der Waals surface area contributed by atoms with Gasteiger partial charge in [0.2, 0.25) is 0 Å². The van der Waals surface area contributed by atoms with Gasteiger partial charge in [-0.15, -0.1) is 0 Å². The number of hydrogen-bond acceptors (Lipinski definition) is 3. The lowest BCUT2D eigenvalue weighted by Crippen LogP contribution is -2.58. The van der Waals surface area contributed by atoms with Crippen LogP contribution >= 0.6 is 0 Å². The standard InChI is InChI=1S/C14H18N2O/c1-14(2)10-15-7-8-16(14)12-5-3-4-11-6-9-17-13(11)12/h3-6,9,15H,7-8,10H2,1-2H3. The lowest BCUT2D eigenvalue weighted by molar-refractivity contribution is 0.380. The van der Waals surface area contributed by atoms with Crippen molar-refractivity contribution in [3.8, 4) is 0 Å². The minimum absolute atomic E-state index is 0.124. The van der Waals surface area contributed by atoms with Gasteiger partial charge in [0.15, 0.2) is 5.58 Å². The monoisotopic (exact) mass is 230 g/mol. The average molecular weight is 230 g/mol. The van der Waals surface area contributed by atoms with Crippen molar-refractivity contribution < 1.29 is 4.42 Å². The number of hydrogen-bond donors (Lipinski definition) is 1. The van der Waals surface area contributed by atoms with Gasteiger partial charge >= 0.3 is 0 Å². The second kappa shape index (κ2) is 3.77. The third-order valence-corrected chi connectivity index (χ3v) is 3.55. The maximum atomic E-state index is 5.63. The number of rotatable bonds is 1. The van der Waals surface area contributed by atoms with Crippen molar-refractivity contribution in [2.24, 2.45) is 0 Å². The Bertz CT molecular complexity index is 530. The number of furan rings is 1. The van der Waals surface area contributed by atoms with Gasteiger partial charge in [-0.25, -0.2) is 0 Å². The van der Waals surface area contributed by atoms with Crippen LogP contribution in [-0.4, -0.2) is 25.2 Å². The van der Waals surface area contributed by atoms with Crippen molar-refractivity contribution in [1.29, 1.82) is 0 Å². The Labute approximate surface area is 101 Å². The Morgan fingerprint density at radius 1 is 1.29 bits per heavy atom. The van der Waals surface area contributed by atoms with Crippen LogP contribution < -0.4 is 10.2 Å². The number of fused-ring (bicyclic) bond motifs is 1. The molecule has 1 fully saturated rings. The predicted molar refractivity (Wildman–Crippen MR) is 70.5 cm³/mol. The summed E-state index contributed by atoms with van der Waals surface area (Å²) in [5, 5.41) is 4.62. The Balaban J connectivity index is 2.11. The van der Waals surface area contributed by atoms with E-state index in [2.05, 4.69) is 42.3 Å². The van der Waals surface area contributed by atoms with Crippen molar-refractivity contribution in [2.75, 3.05) is 24.5 Å². The summed E-state index contributed by atoms with van der Waals surface area (Å²) in [5.74, 6) is 0. The van der Waals surface area contributed by atoms with Gasteiger partial charge in [-0.3, -0.25) is 0 Å². The number of para-hydroxylation sites is 1. The van der Waals surface area contributed by atoms with E-state index in [1.54, 1.807) is 6.26 Å². The summed E-state index contributed by atoms with van der Waals surface area (Å²) in [4.78, 5) is 2.44. The summed E-state index contributed by atoms with van der Waals surface area (Å²) in [7, 11) is 0. The van der Waals surface area contributed by atoms with E-state index in [-0.39, 0.29) is 5.54 Å². The van der Waals surface area contributed by atoms with Gasteiger partial charge in [-0.1, -0.05) is 12.1 Å². The highest BCUT2D eigenvalue weighted by atomic mass is 16.3. The second-order valence-corrected chi connectivity index (χ2v) is 5.26. The smallest absolute Gasteiger partial charge is 0.157 e. The summed E-state index contributed by atoms with van der Waals surface area (Å²) in [5.41, 5.74) is 2.33. The van der Waals surface area contributed by atoms with Crippen LogP contribution in [0.1, 0.15) is 13.8 Å². The first-order chi connectivity index (χ1) is 8.18. The summed E-state index contributed by atoms with van der Waals surface area (Å²) in [6.07, 6.45) is 1.77. The molecule has 0 amide bonds. The van der Waals surface area contributed by atoms with Crippen LogP contribution in [0.4, 0.5) is 5.69 Å². The molecule has 0 atom stereocenters. The van der Waals surface area contributed by atoms with Crippen LogP contribution in [0, 0.1) is 0 Å². The summed E-state index contributed by atoms with van der Waals surface area (Å²) < 4.78 is 5.63. The van der Waals surface area contributed by atoms with Gasteiger partial charge in [0.1, 0.15) is 0 Å². The van der Waals surface area contributed by atoms with E-state index < -0.39 is 0 Å². The highest BCUT2D eigenvalue weighted by Gasteiger charge is 2.31. The fraction of sp³-hybridized carbons (Fsp3) is 0.429. The van der Waals surface area contributed by atoms with Crippen LogP contribution in [0.5, 0.6) is 0 Å². The van der Waals surface area contributed by atoms with Gasteiger partial charge in [-0.05, 0) is 26.0 Å². The van der Waals surface area contributed by atoms with Crippen LogP contribution in [0.3, 0.4) is 0 Å². The largest absolute Gasteiger partial charge is 0.462 e.